The first-order valence-corrected chi connectivity index (χ1v) is 24.1. The number of non-ortho nitro benzene ring substituents is 1. The Bertz CT molecular complexity index is 3680. The third kappa shape index (κ3) is 9.09. The Morgan fingerprint density at radius 3 is 1.90 bits per heavy atom. The largest absolute Gasteiger partial charge is 0.340 e. The minimum atomic E-state index is -0.572. The summed E-state index contributed by atoms with van der Waals surface area (Å²) in [5.74, 6) is -0.708. The van der Waals surface area contributed by atoms with Crippen molar-refractivity contribution in [3.8, 4) is 5.69 Å². The Balaban J connectivity index is 1.22. The van der Waals surface area contributed by atoms with Crippen LogP contribution in [0.5, 0.6) is 0 Å². The van der Waals surface area contributed by atoms with Crippen LogP contribution in [0.3, 0.4) is 0 Å². The predicted molar refractivity (Wildman–Crippen MR) is 283 cm³/mol. The third-order valence-electron chi connectivity index (χ3n) is 13.6. The molecule has 0 aliphatic carbocycles. The number of rotatable bonds is 15. The summed E-state index contributed by atoms with van der Waals surface area (Å²) in [5.41, 5.74) is 11.6. The van der Waals surface area contributed by atoms with Crippen molar-refractivity contribution >= 4 is 89.2 Å². The van der Waals surface area contributed by atoms with Crippen LogP contribution >= 0.6 is 0 Å². The number of hydrogen-bond acceptors (Lipinski definition) is 9. The highest BCUT2D eigenvalue weighted by molar-refractivity contribution is 6.27. The van der Waals surface area contributed by atoms with Gasteiger partial charge in [0.15, 0.2) is 5.78 Å². The number of carbonyl (C=O) groups excluding carboxylic acids is 3. The van der Waals surface area contributed by atoms with Gasteiger partial charge < -0.3 is 18.8 Å². The lowest BCUT2D eigenvalue weighted by molar-refractivity contribution is -0.384. The first-order chi connectivity index (χ1) is 34.2. The van der Waals surface area contributed by atoms with Crippen LogP contribution in [0.1, 0.15) is 110 Å². The summed E-state index contributed by atoms with van der Waals surface area (Å²) in [4.78, 5) is 60.7. The summed E-state index contributed by atoms with van der Waals surface area (Å²) in [5, 5.41) is 25.6. The van der Waals surface area contributed by atoms with Gasteiger partial charge in [0.1, 0.15) is 5.71 Å². The van der Waals surface area contributed by atoms with Gasteiger partial charge in [-0.1, -0.05) is 110 Å². The molecular weight excluding hydrogens is 891 g/mol. The fraction of sp³-hybridized carbons (Fsp3) is 0.237. The molecule has 0 N–H and O–H groups in total. The van der Waals surface area contributed by atoms with E-state index in [1.807, 2.05) is 86.0 Å². The highest BCUT2D eigenvalue weighted by Crippen LogP contribution is 2.40. The number of aromatic nitrogens is 2. The number of hydrogen-bond donors (Lipinski definition) is 0. The molecule has 0 saturated carbocycles. The van der Waals surface area contributed by atoms with Crippen molar-refractivity contribution in [1.82, 2.24) is 9.13 Å². The van der Waals surface area contributed by atoms with E-state index in [4.69, 9.17) is 9.68 Å². The Kier molecular flexibility index (Phi) is 13.2. The summed E-state index contributed by atoms with van der Waals surface area (Å²) in [6.45, 7) is 15.7. The van der Waals surface area contributed by atoms with Crippen molar-refractivity contribution < 1.29 is 29.0 Å². The Morgan fingerprint density at radius 2 is 1.24 bits per heavy atom. The van der Waals surface area contributed by atoms with Crippen LogP contribution < -0.4 is 0 Å². The van der Waals surface area contributed by atoms with Gasteiger partial charge in [0.05, 0.1) is 27.2 Å². The standard InChI is InChI=1S/C59H55N5O7/c1-9-11-14-40(10-2)33-62-53-24-20-43(30-49(53)51-32-52(46-15-12-13-16-47(46)58(51)62)59(67)56-35(4)27-34(3)28-36(56)5)57(61-71-39(8)66)41-17-21-44(22-18-41)63-54-25-19-42(37(6)60-70-38(7)65)29-48(54)50-31-45(64(68)69)23-26-55(50)63/h12-13,15-32,40H,9-11,14,33H2,1-8H3/b60-37+,61-57-. The van der Waals surface area contributed by atoms with E-state index < -0.39 is 16.9 Å². The number of benzene rings is 7. The molecule has 9 rings (SSSR count). The molecule has 0 saturated heterocycles. The Hall–Kier alpha value is -8.25. The van der Waals surface area contributed by atoms with E-state index >= 15 is 0 Å². The molecule has 0 radical (unpaired) electrons. The van der Waals surface area contributed by atoms with E-state index in [-0.39, 0.29) is 11.5 Å². The SMILES string of the molecule is CCCCC(CC)Cn1c2ccc(/C(=N\OC(C)=O)c3ccc(-n4c5ccc(/C(C)=N/OC(C)=O)cc5c5cc([N+](=O)[O-])ccc54)cc3)cc2c2cc(C(=O)c3c(C)cc(C)cc3C)c3ccccc3c21. The van der Waals surface area contributed by atoms with Gasteiger partial charge in [0.2, 0.25) is 0 Å². The normalized spacial score (nSPS) is 12.6. The van der Waals surface area contributed by atoms with Crippen LogP contribution in [0.25, 0.3) is 60.1 Å². The van der Waals surface area contributed by atoms with E-state index in [0.29, 0.717) is 50.5 Å². The molecule has 12 nitrogen and oxygen atoms in total. The van der Waals surface area contributed by atoms with Crippen LogP contribution in [0.4, 0.5) is 5.69 Å². The quantitative estimate of drug-likeness (QED) is 0.0327. The summed E-state index contributed by atoms with van der Waals surface area (Å²) in [7, 11) is 0. The number of fused-ring (bicyclic) bond motifs is 8. The maximum Gasteiger partial charge on any atom is 0.332 e. The highest BCUT2D eigenvalue weighted by atomic mass is 16.7. The fourth-order valence-corrected chi connectivity index (χ4v) is 10.3. The van der Waals surface area contributed by atoms with E-state index in [0.717, 1.165) is 104 Å². The van der Waals surface area contributed by atoms with E-state index in [2.05, 4.69) is 71.2 Å². The van der Waals surface area contributed by atoms with Gasteiger partial charge in [0.25, 0.3) is 5.69 Å². The molecule has 1 atom stereocenters. The molecule has 12 heteroatoms. The highest BCUT2D eigenvalue weighted by Gasteiger charge is 2.25. The second kappa shape index (κ2) is 19.6. The summed E-state index contributed by atoms with van der Waals surface area (Å²) in [6.07, 6.45) is 4.38. The summed E-state index contributed by atoms with van der Waals surface area (Å²) >= 11 is 0. The van der Waals surface area contributed by atoms with E-state index in [1.54, 1.807) is 19.1 Å². The van der Waals surface area contributed by atoms with Crippen molar-refractivity contribution in [2.75, 3.05) is 0 Å². The van der Waals surface area contributed by atoms with Gasteiger partial charge in [-0.25, -0.2) is 9.59 Å². The van der Waals surface area contributed by atoms with Gasteiger partial charge in [-0.15, -0.1) is 0 Å². The number of unbranched alkanes of at least 4 members (excludes halogenated alkanes) is 1. The smallest absolute Gasteiger partial charge is 0.332 e. The van der Waals surface area contributed by atoms with Crippen molar-refractivity contribution in [2.45, 2.75) is 87.6 Å². The molecule has 0 amide bonds. The lowest BCUT2D eigenvalue weighted by atomic mass is 9.89. The first-order valence-electron chi connectivity index (χ1n) is 24.1. The maximum absolute atomic E-state index is 14.9. The molecule has 2 heterocycles. The topological polar surface area (TPSA) is 147 Å². The summed E-state index contributed by atoms with van der Waals surface area (Å²) in [6, 6.07) is 38.8. The molecular formula is C59H55N5O7. The lowest BCUT2D eigenvalue weighted by Crippen LogP contribution is -2.11. The molecule has 0 bridgehead atoms. The fourth-order valence-electron chi connectivity index (χ4n) is 10.3. The average Bonchev–Trinajstić information content (AvgIpc) is 3.85. The lowest BCUT2D eigenvalue weighted by Gasteiger charge is -2.19. The zero-order valence-electron chi connectivity index (χ0n) is 41.3. The number of ketones is 1. The van der Waals surface area contributed by atoms with Crippen LogP contribution in [-0.2, 0) is 25.8 Å². The second-order valence-corrected chi connectivity index (χ2v) is 18.6. The number of nitrogens with zero attached hydrogens (tertiary/aromatic N) is 5. The van der Waals surface area contributed by atoms with E-state index in [9.17, 15) is 24.5 Å². The number of aryl methyl sites for hydroxylation is 3. The number of carbonyl (C=O) groups is 3. The van der Waals surface area contributed by atoms with Gasteiger partial charge in [0, 0.05) is 92.9 Å². The van der Waals surface area contributed by atoms with E-state index in [1.165, 1.54) is 19.9 Å². The van der Waals surface area contributed by atoms with Crippen LogP contribution in [0.2, 0.25) is 0 Å². The zero-order chi connectivity index (χ0) is 50.2. The molecule has 71 heavy (non-hydrogen) atoms. The van der Waals surface area contributed by atoms with Crippen LogP contribution in [-0.4, -0.2) is 43.2 Å². The average molecular weight is 946 g/mol. The molecule has 358 valence electrons. The van der Waals surface area contributed by atoms with Crippen LogP contribution in [0.15, 0.2) is 132 Å². The first kappa shape index (κ1) is 47.8. The Morgan fingerprint density at radius 1 is 0.648 bits per heavy atom. The summed E-state index contributed by atoms with van der Waals surface area (Å²) < 4.78 is 4.46. The second-order valence-electron chi connectivity index (χ2n) is 18.6. The molecule has 9 aromatic rings. The number of nitro groups is 1. The molecule has 7 aromatic carbocycles. The molecule has 0 aliphatic heterocycles. The molecule has 2 aromatic heterocycles. The zero-order valence-corrected chi connectivity index (χ0v) is 41.3. The molecule has 0 aliphatic rings. The number of oxime groups is 2. The van der Waals surface area contributed by atoms with Crippen molar-refractivity contribution in [3.05, 3.63) is 176 Å². The third-order valence-corrected chi connectivity index (χ3v) is 13.6. The minimum absolute atomic E-state index is 0.0214. The molecule has 1 unspecified atom stereocenters. The van der Waals surface area contributed by atoms with Gasteiger partial charge in [-0.3, -0.25) is 14.9 Å². The van der Waals surface area contributed by atoms with Crippen molar-refractivity contribution in [3.63, 3.8) is 0 Å². The van der Waals surface area contributed by atoms with Gasteiger partial charge >= 0.3 is 11.9 Å². The van der Waals surface area contributed by atoms with Crippen molar-refractivity contribution in [2.24, 2.45) is 16.2 Å². The maximum atomic E-state index is 14.9. The van der Waals surface area contributed by atoms with Gasteiger partial charge in [-0.05, 0) is 111 Å². The van der Waals surface area contributed by atoms with Crippen LogP contribution in [0, 0.1) is 36.8 Å². The molecule has 0 spiro atoms. The minimum Gasteiger partial charge on any atom is -0.340 e. The predicted octanol–water partition coefficient (Wildman–Crippen LogP) is 13.9. The van der Waals surface area contributed by atoms with Crippen molar-refractivity contribution in [1.29, 1.82) is 0 Å². The number of nitro benzene ring substituents is 1. The Labute approximate surface area is 411 Å². The van der Waals surface area contributed by atoms with Gasteiger partial charge in [-0.2, -0.15) is 0 Å². The monoisotopic (exact) mass is 945 g/mol. The molecule has 0 fully saturated rings.